The molecule has 5 heteroatoms. The number of fused-ring (bicyclic) bond motifs is 1. The summed E-state index contributed by atoms with van der Waals surface area (Å²) in [5.74, 6) is 0.862. The molecule has 0 atom stereocenters. The summed E-state index contributed by atoms with van der Waals surface area (Å²) in [7, 11) is 0. The molecule has 34 heavy (non-hydrogen) atoms. The summed E-state index contributed by atoms with van der Waals surface area (Å²) < 4.78 is 5.80. The highest BCUT2D eigenvalue weighted by Gasteiger charge is 2.27. The summed E-state index contributed by atoms with van der Waals surface area (Å²) in [5.41, 5.74) is 3.08. The van der Waals surface area contributed by atoms with Gasteiger partial charge in [0.15, 0.2) is 0 Å². The van der Waals surface area contributed by atoms with Crippen LogP contribution in [0.5, 0.6) is 0 Å². The van der Waals surface area contributed by atoms with Crippen LogP contribution in [-0.4, -0.2) is 47.8 Å². The molecule has 0 aliphatic carbocycles. The van der Waals surface area contributed by atoms with Crippen molar-refractivity contribution in [3.63, 3.8) is 0 Å². The lowest BCUT2D eigenvalue weighted by Crippen LogP contribution is -2.51. The number of nitrogens with zero attached hydrogens (tertiary/aromatic N) is 2. The third kappa shape index (κ3) is 4.88. The molecule has 2 amide bonds. The minimum atomic E-state index is 0.0163. The van der Waals surface area contributed by atoms with Gasteiger partial charge in [0.1, 0.15) is 11.3 Å². The average molecular weight is 453 g/mol. The lowest BCUT2D eigenvalue weighted by molar-refractivity contribution is -0.139. The first-order valence-electron chi connectivity index (χ1n) is 11.8. The summed E-state index contributed by atoms with van der Waals surface area (Å²) in [5, 5.41) is 1.01. The third-order valence-corrected chi connectivity index (χ3v) is 6.57. The molecular formula is C29H28N2O3. The van der Waals surface area contributed by atoms with Crippen LogP contribution in [0.2, 0.25) is 0 Å². The number of hydrogen-bond acceptors (Lipinski definition) is 3. The largest absolute Gasteiger partial charge is 0.461 e. The van der Waals surface area contributed by atoms with Crippen LogP contribution in [0, 0.1) is 0 Å². The van der Waals surface area contributed by atoms with E-state index in [1.165, 1.54) is 0 Å². The lowest BCUT2D eigenvalue weighted by Gasteiger charge is -2.35. The normalized spacial score (nSPS) is 14.0. The zero-order chi connectivity index (χ0) is 23.3. The molecule has 0 saturated carbocycles. The third-order valence-electron chi connectivity index (χ3n) is 6.57. The van der Waals surface area contributed by atoms with Crippen LogP contribution in [0.1, 0.15) is 29.2 Å². The van der Waals surface area contributed by atoms with Crippen molar-refractivity contribution >= 4 is 22.8 Å². The monoisotopic (exact) mass is 452 g/mol. The first-order valence-corrected chi connectivity index (χ1v) is 11.8. The molecule has 2 heterocycles. The van der Waals surface area contributed by atoms with Crippen LogP contribution >= 0.6 is 0 Å². The summed E-state index contributed by atoms with van der Waals surface area (Å²) in [6.45, 7) is 2.21. The molecule has 0 bridgehead atoms. The van der Waals surface area contributed by atoms with Gasteiger partial charge in [-0.25, -0.2) is 0 Å². The van der Waals surface area contributed by atoms with Crippen LogP contribution in [0.25, 0.3) is 11.0 Å². The molecule has 1 aromatic heterocycles. The molecule has 1 aliphatic heterocycles. The Balaban J connectivity index is 1.20. The molecular weight excluding hydrogens is 424 g/mol. The zero-order valence-corrected chi connectivity index (χ0v) is 19.1. The van der Waals surface area contributed by atoms with Gasteiger partial charge in [-0.2, -0.15) is 0 Å². The smallest absolute Gasteiger partial charge is 0.230 e. The molecule has 172 valence electrons. The highest BCUT2D eigenvalue weighted by atomic mass is 16.3. The van der Waals surface area contributed by atoms with E-state index in [9.17, 15) is 9.59 Å². The van der Waals surface area contributed by atoms with Gasteiger partial charge in [0.25, 0.3) is 0 Å². The first-order chi connectivity index (χ1) is 16.7. The molecule has 1 saturated heterocycles. The van der Waals surface area contributed by atoms with E-state index in [0.29, 0.717) is 38.4 Å². The van der Waals surface area contributed by atoms with Crippen LogP contribution in [0.15, 0.2) is 95.4 Å². The van der Waals surface area contributed by atoms with Crippen LogP contribution in [-0.2, 0) is 16.0 Å². The molecule has 0 spiro atoms. The highest BCUT2D eigenvalue weighted by molar-refractivity contribution is 5.83. The number of furan rings is 1. The van der Waals surface area contributed by atoms with Gasteiger partial charge in [0.05, 0.1) is 6.42 Å². The average Bonchev–Trinajstić information content (AvgIpc) is 3.30. The number of hydrogen-bond donors (Lipinski definition) is 0. The van der Waals surface area contributed by atoms with E-state index < -0.39 is 0 Å². The maximum atomic E-state index is 13.2. The fraction of sp³-hybridized carbons (Fsp3) is 0.241. The number of rotatable bonds is 6. The number of carbonyl (C=O) groups is 2. The zero-order valence-electron chi connectivity index (χ0n) is 19.1. The molecule has 4 aromatic rings. The summed E-state index contributed by atoms with van der Waals surface area (Å²) in [6.07, 6.45) is 0.660. The van der Waals surface area contributed by atoms with Crippen LogP contribution < -0.4 is 0 Å². The van der Waals surface area contributed by atoms with Gasteiger partial charge in [-0.05, 0) is 23.3 Å². The van der Waals surface area contributed by atoms with Crippen molar-refractivity contribution in [3.8, 4) is 0 Å². The van der Waals surface area contributed by atoms with E-state index in [2.05, 4.69) is 24.3 Å². The molecule has 0 radical (unpaired) electrons. The SMILES string of the molecule is O=C(Cc1cc2ccccc2o1)N1CCN(C(=O)CC(c2ccccc2)c2ccccc2)CC1. The molecule has 5 rings (SSSR count). The van der Waals surface area contributed by atoms with Crippen LogP contribution in [0.3, 0.4) is 0 Å². The Morgan fingerprint density at radius 3 is 1.82 bits per heavy atom. The fourth-order valence-electron chi connectivity index (χ4n) is 4.69. The second-order valence-corrected chi connectivity index (χ2v) is 8.77. The summed E-state index contributed by atoms with van der Waals surface area (Å²) in [6, 6.07) is 30.1. The van der Waals surface area contributed by atoms with E-state index >= 15 is 0 Å². The van der Waals surface area contributed by atoms with E-state index in [1.807, 2.05) is 76.5 Å². The first kappa shape index (κ1) is 22.0. The predicted octanol–water partition coefficient (Wildman–Crippen LogP) is 4.87. The standard InChI is InChI=1S/C29H28N2O3/c32-28(20-25-19-24-13-7-8-14-27(24)34-25)30-15-17-31(18-16-30)29(33)21-26(22-9-3-1-4-10-22)23-11-5-2-6-12-23/h1-14,19,26H,15-18,20-21H2. The van der Waals surface area contributed by atoms with E-state index in [0.717, 1.165) is 22.1 Å². The Bertz CT molecular complexity index is 1190. The topological polar surface area (TPSA) is 53.8 Å². The molecule has 3 aromatic carbocycles. The van der Waals surface area contributed by atoms with Gasteiger partial charge in [0, 0.05) is 43.9 Å². The number of carbonyl (C=O) groups excluding carboxylic acids is 2. The van der Waals surface area contributed by atoms with E-state index in [-0.39, 0.29) is 24.2 Å². The van der Waals surface area contributed by atoms with Gasteiger partial charge >= 0.3 is 0 Å². The van der Waals surface area contributed by atoms with Crippen molar-refractivity contribution in [2.75, 3.05) is 26.2 Å². The predicted molar refractivity (Wildman–Crippen MR) is 132 cm³/mol. The molecule has 0 N–H and O–H groups in total. The quantitative estimate of drug-likeness (QED) is 0.420. The van der Waals surface area contributed by atoms with Gasteiger partial charge in [-0.15, -0.1) is 0 Å². The second kappa shape index (κ2) is 9.96. The molecule has 0 unspecified atom stereocenters. The minimum Gasteiger partial charge on any atom is -0.461 e. The highest BCUT2D eigenvalue weighted by Crippen LogP contribution is 2.29. The Labute approximate surface area is 199 Å². The molecule has 1 aliphatic rings. The maximum absolute atomic E-state index is 13.2. The van der Waals surface area contributed by atoms with Crippen molar-refractivity contribution in [3.05, 3.63) is 108 Å². The van der Waals surface area contributed by atoms with Crippen molar-refractivity contribution in [2.45, 2.75) is 18.8 Å². The second-order valence-electron chi connectivity index (χ2n) is 8.77. The maximum Gasteiger partial charge on any atom is 0.230 e. The van der Waals surface area contributed by atoms with Crippen molar-refractivity contribution in [1.82, 2.24) is 9.80 Å². The van der Waals surface area contributed by atoms with Gasteiger partial charge < -0.3 is 14.2 Å². The lowest BCUT2D eigenvalue weighted by atomic mass is 9.88. The Hall–Kier alpha value is -3.86. The fourth-order valence-corrected chi connectivity index (χ4v) is 4.69. The summed E-state index contributed by atoms with van der Waals surface area (Å²) in [4.78, 5) is 29.8. The Morgan fingerprint density at radius 1 is 0.706 bits per heavy atom. The van der Waals surface area contributed by atoms with Crippen molar-refractivity contribution in [1.29, 1.82) is 0 Å². The number of piperazine rings is 1. The Morgan fingerprint density at radius 2 is 1.24 bits per heavy atom. The van der Waals surface area contributed by atoms with Crippen molar-refractivity contribution < 1.29 is 14.0 Å². The van der Waals surface area contributed by atoms with E-state index in [1.54, 1.807) is 0 Å². The van der Waals surface area contributed by atoms with Gasteiger partial charge in [0.2, 0.25) is 11.8 Å². The number of benzene rings is 3. The van der Waals surface area contributed by atoms with Crippen molar-refractivity contribution in [2.24, 2.45) is 0 Å². The van der Waals surface area contributed by atoms with E-state index in [4.69, 9.17) is 4.42 Å². The number of para-hydroxylation sites is 1. The molecule has 1 fully saturated rings. The van der Waals surface area contributed by atoms with Gasteiger partial charge in [-0.3, -0.25) is 9.59 Å². The molecule has 5 nitrogen and oxygen atoms in total. The Kier molecular flexibility index (Phi) is 6.43. The van der Waals surface area contributed by atoms with Crippen LogP contribution in [0.4, 0.5) is 0 Å². The minimum absolute atomic E-state index is 0.0163. The summed E-state index contributed by atoms with van der Waals surface area (Å²) >= 11 is 0. The van der Waals surface area contributed by atoms with Gasteiger partial charge in [-0.1, -0.05) is 78.9 Å². The number of amides is 2.